The minimum absolute atomic E-state index is 0.0179. The molecular formula is C21H21F2N3O4S. The maximum atomic E-state index is 12.5. The zero-order valence-corrected chi connectivity index (χ0v) is 17.4. The third-order valence-electron chi connectivity index (χ3n) is 4.76. The predicted octanol–water partition coefficient (Wildman–Crippen LogP) is 3.62. The summed E-state index contributed by atoms with van der Waals surface area (Å²) >= 11 is 1.38. The highest BCUT2D eigenvalue weighted by atomic mass is 32.1. The van der Waals surface area contributed by atoms with Gasteiger partial charge in [0.25, 0.3) is 5.91 Å². The fourth-order valence-electron chi connectivity index (χ4n) is 3.21. The molecule has 164 valence electrons. The number of nitrogens with zero attached hydrogens (tertiary/aromatic N) is 2. The van der Waals surface area contributed by atoms with Gasteiger partial charge in [0.2, 0.25) is 0 Å². The molecule has 0 aliphatic carbocycles. The molecule has 10 heteroatoms. The number of ether oxygens (including phenoxy) is 2. The lowest BCUT2D eigenvalue weighted by atomic mass is 9.98. The quantitative estimate of drug-likeness (QED) is 0.653. The predicted molar refractivity (Wildman–Crippen MR) is 110 cm³/mol. The number of terminal acetylenes is 1. The molecule has 1 N–H and O–H groups in total. The van der Waals surface area contributed by atoms with Gasteiger partial charge in [-0.25, -0.2) is 9.78 Å². The van der Waals surface area contributed by atoms with Crippen LogP contribution in [0.1, 0.15) is 39.8 Å². The van der Waals surface area contributed by atoms with Gasteiger partial charge in [-0.2, -0.15) is 8.78 Å². The summed E-state index contributed by atoms with van der Waals surface area (Å²) in [7, 11) is 0. The van der Waals surface area contributed by atoms with E-state index in [0.29, 0.717) is 31.5 Å². The van der Waals surface area contributed by atoms with Crippen LogP contribution in [-0.2, 0) is 11.3 Å². The molecule has 1 saturated heterocycles. The summed E-state index contributed by atoms with van der Waals surface area (Å²) in [5.74, 6) is 2.02. The number of rotatable bonds is 7. The zero-order chi connectivity index (χ0) is 22.2. The molecule has 1 aromatic heterocycles. The number of likely N-dealkylation sites (tertiary alicyclic amines) is 1. The summed E-state index contributed by atoms with van der Waals surface area (Å²) in [5.41, 5.74) is 0.707. The second kappa shape index (κ2) is 10.7. The fraction of sp³-hybridized carbons (Fsp3) is 0.381. The Labute approximate surface area is 182 Å². The highest BCUT2D eigenvalue weighted by molar-refractivity contribution is 7.09. The fourth-order valence-corrected chi connectivity index (χ4v) is 4.18. The summed E-state index contributed by atoms with van der Waals surface area (Å²) < 4.78 is 34.4. The lowest BCUT2D eigenvalue weighted by Crippen LogP contribution is -2.38. The second-order valence-corrected chi connectivity index (χ2v) is 7.65. The molecule has 1 fully saturated rings. The molecule has 2 heterocycles. The average molecular weight is 449 g/mol. The Bertz CT molecular complexity index is 952. The third-order valence-corrected chi connectivity index (χ3v) is 5.77. The number of para-hydroxylation sites is 1. The number of aromatic nitrogens is 1. The number of alkyl halides is 2. The molecule has 2 amide bonds. The van der Waals surface area contributed by atoms with Gasteiger partial charge in [-0.15, -0.1) is 17.8 Å². The van der Waals surface area contributed by atoms with Gasteiger partial charge in [0.1, 0.15) is 11.4 Å². The first-order valence-corrected chi connectivity index (χ1v) is 10.5. The van der Waals surface area contributed by atoms with Gasteiger partial charge in [0.05, 0.1) is 5.01 Å². The van der Waals surface area contributed by atoms with Crippen LogP contribution >= 0.6 is 11.3 Å². The van der Waals surface area contributed by atoms with E-state index in [1.807, 2.05) is 0 Å². The van der Waals surface area contributed by atoms with Crippen LogP contribution in [0.15, 0.2) is 29.6 Å². The van der Waals surface area contributed by atoms with Crippen molar-refractivity contribution in [2.45, 2.75) is 31.9 Å². The van der Waals surface area contributed by atoms with Crippen LogP contribution in [0.2, 0.25) is 0 Å². The van der Waals surface area contributed by atoms with E-state index in [-0.39, 0.29) is 30.5 Å². The van der Waals surface area contributed by atoms with Gasteiger partial charge in [-0.3, -0.25) is 4.79 Å². The Hall–Kier alpha value is -3.19. The van der Waals surface area contributed by atoms with Crippen molar-refractivity contribution in [3.63, 3.8) is 0 Å². The van der Waals surface area contributed by atoms with E-state index >= 15 is 0 Å². The first-order valence-electron chi connectivity index (χ1n) is 9.59. The van der Waals surface area contributed by atoms with E-state index < -0.39 is 18.6 Å². The van der Waals surface area contributed by atoms with Crippen molar-refractivity contribution in [3.05, 3.63) is 45.9 Å². The summed E-state index contributed by atoms with van der Waals surface area (Å²) in [6, 6.07) is 6.28. The number of nitrogens with one attached hydrogen (secondary N) is 1. The molecule has 0 unspecified atom stereocenters. The van der Waals surface area contributed by atoms with E-state index in [4.69, 9.17) is 11.2 Å². The van der Waals surface area contributed by atoms with E-state index in [1.165, 1.54) is 17.4 Å². The smallest absolute Gasteiger partial charge is 0.410 e. The second-order valence-electron chi connectivity index (χ2n) is 6.76. The van der Waals surface area contributed by atoms with Crippen LogP contribution in [0.3, 0.4) is 0 Å². The minimum Gasteiger partial charge on any atom is -0.436 e. The van der Waals surface area contributed by atoms with Crippen molar-refractivity contribution in [1.29, 1.82) is 0 Å². The SMILES string of the molecule is C#CCOC(=O)N1CCC(c2nc(C(=O)NCc3ccccc3OC(F)F)cs2)CC1. The van der Waals surface area contributed by atoms with Crippen LogP contribution in [0, 0.1) is 12.3 Å². The van der Waals surface area contributed by atoms with Crippen LogP contribution in [0.4, 0.5) is 13.6 Å². The molecule has 0 radical (unpaired) electrons. The molecule has 0 spiro atoms. The monoisotopic (exact) mass is 449 g/mol. The number of benzene rings is 1. The van der Waals surface area contributed by atoms with Crippen molar-refractivity contribution < 1.29 is 27.8 Å². The highest BCUT2D eigenvalue weighted by Crippen LogP contribution is 2.30. The average Bonchev–Trinajstić information content (AvgIpc) is 3.27. The first kappa shape index (κ1) is 22.5. The highest BCUT2D eigenvalue weighted by Gasteiger charge is 2.27. The van der Waals surface area contributed by atoms with Crippen LogP contribution in [0.25, 0.3) is 0 Å². The molecule has 0 saturated carbocycles. The van der Waals surface area contributed by atoms with Gasteiger partial charge in [-0.05, 0) is 18.9 Å². The van der Waals surface area contributed by atoms with Crippen LogP contribution in [-0.4, -0.2) is 48.2 Å². The number of carbonyl (C=O) groups is 2. The molecule has 0 bridgehead atoms. The van der Waals surface area contributed by atoms with Crippen LogP contribution < -0.4 is 10.1 Å². The molecule has 1 aliphatic rings. The number of amides is 2. The number of hydrogen-bond acceptors (Lipinski definition) is 6. The zero-order valence-electron chi connectivity index (χ0n) is 16.6. The molecule has 7 nitrogen and oxygen atoms in total. The normalized spacial score (nSPS) is 14.2. The number of thiazole rings is 1. The van der Waals surface area contributed by atoms with Crippen molar-refractivity contribution >= 4 is 23.3 Å². The van der Waals surface area contributed by atoms with Gasteiger partial charge >= 0.3 is 12.7 Å². The lowest BCUT2D eigenvalue weighted by Gasteiger charge is -2.30. The van der Waals surface area contributed by atoms with Crippen molar-refractivity contribution in [1.82, 2.24) is 15.2 Å². The summed E-state index contributed by atoms with van der Waals surface area (Å²) in [4.78, 5) is 30.3. The lowest BCUT2D eigenvalue weighted by molar-refractivity contribution is -0.0504. The Balaban J connectivity index is 1.53. The molecular weight excluding hydrogens is 428 g/mol. The summed E-state index contributed by atoms with van der Waals surface area (Å²) in [6.45, 7) is -1.91. The van der Waals surface area contributed by atoms with Gasteiger partial charge in [0, 0.05) is 36.5 Å². The number of halogens is 2. The standard InChI is InChI=1S/C21H21F2N3O4S/c1-2-11-29-21(28)26-9-7-14(8-10-26)19-25-16(13-31-19)18(27)24-12-15-5-3-4-6-17(15)30-20(22)23/h1,3-6,13-14,20H,7-12H2,(H,24,27). The van der Waals surface area contributed by atoms with Gasteiger partial charge < -0.3 is 19.7 Å². The first-order chi connectivity index (χ1) is 15.0. The van der Waals surface area contributed by atoms with Crippen molar-refractivity contribution in [3.8, 4) is 18.1 Å². The number of piperidine rings is 1. The molecule has 31 heavy (non-hydrogen) atoms. The van der Waals surface area contributed by atoms with E-state index in [2.05, 4.69) is 21.0 Å². The third kappa shape index (κ3) is 6.15. The van der Waals surface area contributed by atoms with E-state index in [9.17, 15) is 18.4 Å². The largest absolute Gasteiger partial charge is 0.436 e. The summed E-state index contributed by atoms with van der Waals surface area (Å²) in [6.07, 6.45) is 6.08. The maximum Gasteiger partial charge on any atom is 0.410 e. The van der Waals surface area contributed by atoms with Crippen molar-refractivity contribution in [2.75, 3.05) is 19.7 Å². The topological polar surface area (TPSA) is 80.8 Å². The van der Waals surface area contributed by atoms with Crippen molar-refractivity contribution in [2.24, 2.45) is 0 Å². The molecule has 3 rings (SSSR count). The molecule has 0 atom stereocenters. The molecule has 2 aromatic rings. The number of hydrogen-bond donors (Lipinski definition) is 1. The Morgan fingerprint density at radius 1 is 1.32 bits per heavy atom. The molecule has 1 aliphatic heterocycles. The van der Waals surface area contributed by atoms with E-state index in [1.54, 1.807) is 28.5 Å². The number of carbonyl (C=O) groups excluding carboxylic acids is 2. The van der Waals surface area contributed by atoms with Gasteiger partial charge in [0.15, 0.2) is 6.61 Å². The maximum absolute atomic E-state index is 12.5. The van der Waals surface area contributed by atoms with Crippen LogP contribution in [0.5, 0.6) is 5.75 Å². The van der Waals surface area contributed by atoms with E-state index in [0.717, 1.165) is 5.01 Å². The minimum atomic E-state index is -2.94. The Morgan fingerprint density at radius 3 is 2.77 bits per heavy atom. The van der Waals surface area contributed by atoms with Gasteiger partial charge in [-0.1, -0.05) is 24.1 Å². The Morgan fingerprint density at radius 2 is 2.06 bits per heavy atom. The Kier molecular flexibility index (Phi) is 7.78. The summed E-state index contributed by atoms with van der Waals surface area (Å²) in [5, 5.41) is 5.17. The molecule has 1 aromatic carbocycles.